The van der Waals surface area contributed by atoms with Gasteiger partial charge in [-0.2, -0.15) is 0 Å². The van der Waals surface area contributed by atoms with Crippen molar-refractivity contribution in [3.8, 4) is 11.5 Å². The van der Waals surface area contributed by atoms with Crippen LogP contribution in [0.2, 0.25) is 0 Å². The Bertz CT molecular complexity index is 798. The van der Waals surface area contributed by atoms with Gasteiger partial charge in [-0.05, 0) is 67.6 Å². The Morgan fingerprint density at radius 2 is 1.88 bits per heavy atom. The van der Waals surface area contributed by atoms with E-state index in [-0.39, 0.29) is 23.6 Å². The minimum Gasteiger partial charge on any atom is -0.504 e. The molecule has 0 aromatic heterocycles. The molecule has 0 radical (unpaired) electrons. The zero-order valence-corrected chi connectivity index (χ0v) is 19.6. The molecule has 7 heteroatoms. The van der Waals surface area contributed by atoms with Crippen molar-refractivity contribution in [2.24, 2.45) is 17.3 Å². The van der Waals surface area contributed by atoms with Crippen LogP contribution in [-0.4, -0.2) is 46.8 Å². The number of aromatic hydroxyl groups is 1. The highest BCUT2D eigenvalue weighted by atomic mass is 16.5. The molecule has 3 N–H and O–H groups in total. The lowest BCUT2D eigenvalue weighted by molar-refractivity contribution is -0.127. The molecular formula is C25H38N2O5. The van der Waals surface area contributed by atoms with E-state index < -0.39 is 6.09 Å². The summed E-state index contributed by atoms with van der Waals surface area (Å²) in [7, 11) is 1.49. The van der Waals surface area contributed by atoms with Crippen molar-refractivity contribution in [1.82, 2.24) is 10.2 Å². The summed E-state index contributed by atoms with van der Waals surface area (Å²) in [5.74, 6) is 0.556. The number of carbonyl (C=O) groups is 2. The van der Waals surface area contributed by atoms with Crippen LogP contribution in [0.15, 0.2) is 18.2 Å². The van der Waals surface area contributed by atoms with Gasteiger partial charge < -0.3 is 25.2 Å². The van der Waals surface area contributed by atoms with E-state index in [0.29, 0.717) is 43.0 Å². The van der Waals surface area contributed by atoms with Crippen LogP contribution >= 0.6 is 0 Å². The first-order valence-corrected chi connectivity index (χ1v) is 12.0. The van der Waals surface area contributed by atoms with Crippen LogP contribution < -0.4 is 10.1 Å². The fourth-order valence-electron chi connectivity index (χ4n) is 5.68. The van der Waals surface area contributed by atoms with E-state index in [1.807, 2.05) is 0 Å². The van der Waals surface area contributed by atoms with Crippen LogP contribution in [0.3, 0.4) is 0 Å². The Kier molecular flexibility index (Phi) is 7.91. The van der Waals surface area contributed by atoms with Crippen LogP contribution in [0.1, 0.15) is 70.8 Å². The third-order valence-electron chi connectivity index (χ3n) is 8.11. The number of hydrogen-bond donors (Lipinski definition) is 3. The van der Waals surface area contributed by atoms with Crippen LogP contribution in [0.4, 0.5) is 4.79 Å². The normalized spacial score (nSPS) is 23.5. The highest BCUT2D eigenvalue weighted by Crippen LogP contribution is 2.46. The van der Waals surface area contributed by atoms with E-state index in [1.165, 1.54) is 20.0 Å². The van der Waals surface area contributed by atoms with Crippen molar-refractivity contribution in [2.75, 3.05) is 13.7 Å². The topological polar surface area (TPSA) is 99.1 Å². The molecular weight excluding hydrogens is 408 g/mol. The molecule has 0 bridgehead atoms. The third-order valence-corrected chi connectivity index (χ3v) is 8.11. The van der Waals surface area contributed by atoms with Gasteiger partial charge in [0.05, 0.1) is 7.11 Å². The molecule has 1 aliphatic heterocycles. The number of rotatable bonds is 7. The van der Waals surface area contributed by atoms with Gasteiger partial charge in [-0.3, -0.25) is 4.79 Å². The number of nitrogens with zero attached hydrogens (tertiary/aromatic N) is 1. The molecule has 2 atom stereocenters. The fourth-order valence-corrected chi connectivity index (χ4v) is 5.68. The molecule has 2 amide bonds. The van der Waals surface area contributed by atoms with Gasteiger partial charge in [0.2, 0.25) is 5.91 Å². The Morgan fingerprint density at radius 3 is 2.47 bits per heavy atom. The van der Waals surface area contributed by atoms with Gasteiger partial charge in [0.25, 0.3) is 0 Å². The monoisotopic (exact) mass is 446 g/mol. The first-order valence-electron chi connectivity index (χ1n) is 12.0. The second-order valence-electron chi connectivity index (χ2n) is 9.53. The zero-order valence-electron chi connectivity index (χ0n) is 19.6. The summed E-state index contributed by atoms with van der Waals surface area (Å²) in [6, 6.07) is 4.93. The van der Waals surface area contributed by atoms with E-state index in [9.17, 15) is 19.8 Å². The van der Waals surface area contributed by atoms with Gasteiger partial charge in [-0.1, -0.05) is 32.8 Å². The van der Waals surface area contributed by atoms with Gasteiger partial charge in [0, 0.05) is 25.0 Å². The number of piperidine rings is 1. The lowest BCUT2D eigenvalue weighted by Gasteiger charge is -2.46. The van der Waals surface area contributed by atoms with E-state index in [4.69, 9.17) is 4.74 Å². The number of likely N-dealkylation sites (tertiary alicyclic amines) is 1. The minimum absolute atomic E-state index is 0.0284. The molecule has 32 heavy (non-hydrogen) atoms. The van der Waals surface area contributed by atoms with Gasteiger partial charge >= 0.3 is 6.09 Å². The Balaban J connectivity index is 1.62. The summed E-state index contributed by atoms with van der Waals surface area (Å²) in [6.45, 7) is 5.28. The molecule has 178 valence electrons. The van der Waals surface area contributed by atoms with Crippen molar-refractivity contribution < 1.29 is 24.5 Å². The second kappa shape index (κ2) is 10.5. The number of methoxy groups -OCH3 is 1. The second-order valence-corrected chi connectivity index (χ2v) is 9.53. The summed E-state index contributed by atoms with van der Waals surface area (Å²) in [5, 5.41) is 22.5. The standard InChI is InChI=1S/C25H38N2O5/c1-4-25(5-2)11-8-18(9-12-25)20-15-19(10-13-27(20)24(30)31)23(29)26-16-17-6-7-21(28)22(14-17)32-3/h6-7,14,18-20,28H,4-5,8-13,15-16H2,1-3H3,(H,26,29)(H,30,31). The molecule has 1 aromatic carbocycles. The van der Waals surface area contributed by atoms with Crippen LogP contribution in [0, 0.1) is 17.3 Å². The third kappa shape index (κ3) is 5.30. The lowest BCUT2D eigenvalue weighted by Crippen LogP contribution is -2.52. The summed E-state index contributed by atoms with van der Waals surface area (Å²) < 4.78 is 5.13. The van der Waals surface area contributed by atoms with Gasteiger partial charge in [-0.25, -0.2) is 4.79 Å². The lowest BCUT2D eigenvalue weighted by atomic mass is 9.65. The maximum atomic E-state index is 12.9. The average molecular weight is 447 g/mol. The highest BCUT2D eigenvalue weighted by Gasteiger charge is 2.42. The van der Waals surface area contributed by atoms with Crippen molar-refractivity contribution in [3.63, 3.8) is 0 Å². The first-order chi connectivity index (χ1) is 15.3. The summed E-state index contributed by atoms with van der Waals surface area (Å²) in [6.07, 6.45) is 7.00. The fraction of sp³-hybridized carbons (Fsp3) is 0.680. The van der Waals surface area contributed by atoms with E-state index in [0.717, 1.165) is 31.2 Å². The number of hydrogen-bond acceptors (Lipinski definition) is 4. The largest absolute Gasteiger partial charge is 0.504 e. The van der Waals surface area contributed by atoms with E-state index >= 15 is 0 Å². The average Bonchev–Trinajstić information content (AvgIpc) is 2.82. The Morgan fingerprint density at radius 1 is 1.19 bits per heavy atom. The van der Waals surface area contributed by atoms with E-state index in [2.05, 4.69) is 19.2 Å². The predicted octanol–water partition coefficient (Wildman–Crippen LogP) is 4.77. The van der Waals surface area contributed by atoms with Gasteiger partial charge in [-0.15, -0.1) is 0 Å². The van der Waals surface area contributed by atoms with Gasteiger partial charge in [0.1, 0.15) is 0 Å². The molecule has 1 saturated carbocycles. The summed E-state index contributed by atoms with van der Waals surface area (Å²) >= 11 is 0. The zero-order chi connectivity index (χ0) is 23.3. The quantitative estimate of drug-likeness (QED) is 0.560. The number of ether oxygens (including phenoxy) is 1. The molecule has 3 rings (SSSR count). The maximum absolute atomic E-state index is 12.9. The Labute approximate surface area is 191 Å². The molecule has 2 aliphatic rings. The molecule has 1 heterocycles. The number of phenols is 1. The smallest absolute Gasteiger partial charge is 0.407 e. The molecule has 2 unspecified atom stereocenters. The molecule has 1 aromatic rings. The molecule has 1 saturated heterocycles. The van der Waals surface area contributed by atoms with Crippen LogP contribution in [-0.2, 0) is 11.3 Å². The van der Waals surface area contributed by atoms with Crippen molar-refractivity contribution in [2.45, 2.75) is 77.8 Å². The number of carbonyl (C=O) groups excluding carboxylic acids is 1. The summed E-state index contributed by atoms with van der Waals surface area (Å²) in [4.78, 5) is 26.4. The SMILES string of the molecule is CCC1(CC)CCC(C2CC(C(=O)NCc3ccc(O)c(OC)c3)CCN2C(=O)O)CC1. The highest BCUT2D eigenvalue weighted by molar-refractivity contribution is 5.79. The predicted molar refractivity (Wildman–Crippen MR) is 123 cm³/mol. The number of nitrogens with one attached hydrogen (secondary N) is 1. The number of benzene rings is 1. The van der Waals surface area contributed by atoms with Crippen molar-refractivity contribution in [1.29, 1.82) is 0 Å². The minimum atomic E-state index is -0.868. The molecule has 1 aliphatic carbocycles. The summed E-state index contributed by atoms with van der Waals surface area (Å²) in [5.41, 5.74) is 1.25. The first kappa shape index (κ1) is 24.2. The number of amides is 2. The molecule has 2 fully saturated rings. The number of phenolic OH excluding ortho intramolecular Hbond substituents is 1. The maximum Gasteiger partial charge on any atom is 0.407 e. The van der Waals surface area contributed by atoms with E-state index in [1.54, 1.807) is 23.1 Å². The van der Waals surface area contributed by atoms with Crippen LogP contribution in [0.25, 0.3) is 0 Å². The molecule has 7 nitrogen and oxygen atoms in total. The van der Waals surface area contributed by atoms with Gasteiger partial charge in [0.15, 0.2) is 11.5 Å². The van der Waals surface area contributed by atoms with Crippen molar-refractivity contribution >= 4 is 12.0 Å². The molecule has 0 spiro atoms. The number of carboxylic acid groups (broad SMARTS) is 1. The Hall–Kier alpha value is -2.44. The van der Waals surface area contributed by atoms with Crippen LogP contribution in [0.5, 0.6) is 11.5 Å². The van der Waals surface area contributed by atoms with Crippen molar-refractivity contribution in [3.05, 3.63) is 23.8 Å².